The van der Waals surface area contributed by atoms with Gasteiger partial charge in [0.1, 0.15) is 5.82 Å². The fraction of sp³-hybridized carbons (Fsp3) is 0.200. The standard InChI is InChI=1S/C10H10FN/c11-9-3-1-8-6-10(12)4-2-7(8)5-9/h1-5,10H,6,12H2. The Hall–Kier alpha value is -1.15. The second-order valence-corrected chi connectivity index (χ2v) is 3.07. The van der Waals surface area contributed by atoms with E-state index < -0.39 is 0 Å². The molecule has 1 nitrogen and oxygen atoms in total. The largest absolute Gasteiger partial charge is 0.324 e. The van der Waals surface area contributed by atoms with Gasteiger partial charge in [-0.2, -0.15) is 0 Å². The molecule has 1 aromatic rings. The van der Waals surface area contributed by atoms with Gasteiger partial charge in [0.25, 0.3) is 0 Å². The summed E-state index contributed by atoms with van der Waals surface area (Å²) < 4.78 is 12.7. The molecule has 0 spiro atoms. The van der Waals surface area contributed by atoms with Gasteiger partial charge >= 0.3 is 0 Å². The van der Waals surface area contributed by atoms with Crippen LogP contribution < -0.4 is 5.73 Å². The zero-order valence-corrected chi connectivity index (χ0v) is 6.63. The maximum atomic E-state index is 12.7. The molecule has 62 valence electrons. The van der Waals surface area contributed by atoms with Crippen LogP contribution in [0.15, 0.2) is 24.3 Å². The average Bonchev–Trinajstić information content (AvgIpc) is 2.05. The number of fused-ring (bicyclic) bond motifs is 1. The molecular weight excluding hydrogens is 153 g/mol. The third-order valence-electron chi connectivity index (χ3n) is 2.09. The van der Waals surface area contributed by atoms with Gasteiger partial charge in [0.15, 0.2) is 0 Å². The zero-order valence-electron chi connectivity index (χ0n) is 6.63. The maximum absolute atomic E-state index is 12.7. The highest BCUT2D eigenvalue weighted by molar-refractivity contribution is 5.57. The maximum Gasteiger partial charge on any atom is 0.123 e. The summed E-state index contributed by atoms with van der Waals surface area (Å²) >= 11 is 0. The Morgan fingerprint density at radius 2 is 2.25 bits per heavy atom. The summed E-state index contributed by atoms with van der Waals surface area (Å²) in [6.45, 7) is 0. The number of hydrogen-bond donors (Lipinski definition) is 1. The van der Waals surface area contributed by atoms with E-state index in [1.54, 1.807) is 6.07 Å². The molecular formula is C10H10FN. The van der Waals surface area contributed by atoms with E-state index in [2.05, 4.69) is 0 Å². The van der Waals surface area contributed by atoms with E-state index >= 15 is 0 Å². The van der Waals surface area contributed by atoms with Gasteiger partial charge in [0.2, 0.25) is 0 Å². The van der Waals surface area contributed by atoms with Crippen molar-refractivity contribution in [2.75, 3.05) is 0 Å². The summed E-state index contributed by atoms with van der Waals surface area (Å²) in [6.07, 6.45) is 4.60. The fourth-order valence-electron chi connectivity index (χ4n) is 1.46. The van der Waals surface area contributed by atoms with E-state index in [0.29, 0.717) is 0 Å². The van der Waals surface area contributed by atoms with Crippen molar-refractivity contribution in [3.63, 3.8) is 0 Å². The molecule has 1 aromatic carbocycles. The number of hydrogen-bond acceptors (Lipinski definition) is 1. The van der Waals surface area contributed by atoms with Gasteiger partial charge in [-0.15, -0.1) is 0 Å². The van der Waals surface area contributed by atoms with Crippen molar-refractivity contribution in [1.29, 1.82) is 0 Å². The molecule has 2 heteroatoms. The molecule has 0 aliphatic heterocycles. The molecule has 1 atom stereocenters. The first-order valence-electron chi connectivity index (χ1n) is 3.98. The normalized spacial score (nSPS) is 20.7. The van der Waals surface area contributed by atoms with Gasteiger partial charge in [0, 0.05) is 6.04 Å². The smallest absolute Gasteiger partial charge is 0.123 e. The molecule has 2 N–H and O–H groups in total. The van der Waals surface area contributed by atoms with Crippen LogP contribution in [-0.2, 0) is 6.42 Å². The summed E-state index contributed by atoms with van der Waals surface area (Å²) in [7, 11) is 0. The van der Waals surface area contributed by atoms with Crippen LogP contribution in [0.4, 0.5) is 4.39 Å². The molecule has 0 heterocycles. The molecule has 0 aromatic heterocycles. The van der Waals surface area contributed by atoms with Crippen molar-refractivity contribution in [1.82, 2.24) is 0 Å². The van der Waals surface area contributed by atoms with Gasteiger partial charge < -0.3 is 5.73 Å². The zero-order chi connectivity index (χ0) is 8.55. The van der Waals surface area contributed by atoms with E-state index in [9.17, 15) is 4.39 Å². The number of rotatable bonds is 0. The highest BCUT2D eigenvalue weighted by atomic mass is 19.1. The van der Waals surface area contributed by atoms with E-state index in [4.69, 9.17) is 5.73 Å². The summed E-state index contributed by atoms with van der Waals surface area (Å²) in [4.78, 5) is 0. The molecule has 0 saturated carbocycles. The van der Waals surface area contributed by atoms with E-state index in [-0.39, 0.29) is 11.9 Å². The summed E-state index contributed by atoms with van der Waals surface area (Å²) in [5.74, 6) is -0.186. The van der Waals surface area contributed by atoms with Gasteiger partial charge in [-0.25, -0.2) is 4.39 Å². The summed E-state index contributed by atoms with van der Waals surface area (Å²) in [6, 6.07) is 4.90. The van der Waals surface area contributed by atoms with Gasteiger partial charge in [0.05, 0.1) is 0 Å². The predicted octanol–water partition coefficient (Wildman–Crippen LogP) is 1.72. The Labute approximate surface area is 70.7 Å². The lowest BCUT2D eigenvalue weighted by Crippen LogP contribution is -2.22. The van der Waals surface area contributed by atoms with Crippen LogP contribution in [0.3, 0.4) is 0 Å². The molecule has 2 rings (SSSR count). The second-order valence-electron chi connectivity index (χ2n) is 3.07. The van der Waals surface area contributed by atoms with Crippen LogP contribution >= 0.6 is 0 Å². The van der Waals surface area contributed by atoms with Crippen LogP contribution in [-0.4, -0.2) is 6.04 Å². The van der Waals surface area contributed by atoms with Crippen LogP contribution in [0.2, 0.25) is 0 Å². The first-order chi connectivity index (χ1) is 5.75. The van der Waals surface area contributed by atoms with Gasteiger partial charge in [-0.05, 0) is 29.7 Å². The van der Waals surface area contributed by atoms with E-state index in [0.717, 1.165) is 17.5 Å². The highest BCUT2D eigenvalue weighted by Crippen LogP contribution is 2.19. The Kier molecular flexibility index (Phi) is 1.70. The third-order valence-corrected chi connectivity index (χ3v) is 2.09. The lowest BCUT2D eigenvalue weighted by atomic mass is 9.95. The molecule has 1 unspecified atom stereocenters. The molecule has 0 bridgehead atoms. The average molecular weight is 163 g/mol. The second kappa shape index (κ2) is 2.72. The van der Waals surface area contributed by atoms with Crippen molar-refractivity contribution in [3.8, 4) is 0 Å². The number of benzene rings is 1. The summed E-state index contributed by atoms with van der Waals surface area (Å²) in [5, 5.41) is 0. The molecule has 1 aliphatic rings. The van der Waals surface area contributed by atoms with Crippen LogP contribution in [0, 0.1) is 5.82 Å². The molecule has 0 fully saturated rings. The Balaban J connectivity index is 2.47. The van der Waals surface area contributed by atoms with Crippen molar-refractivity contribution >= 4 is 6.08 Å². The Morgan fingerprint density at radius 3 is 3.08 bits per heavy atom. The van der Waals surface area contributed by atoms with Crippen LogP contribution in [0.1, 0.15) is 11.1 Å². The predicted molar refractivity (Wildman–Crippen MR) is 47.1 cm³/mol. The SMILES string of the molecule is NC1C=Cc2cc(F)ccc2C1. The molecule has 0 radical (unpaired) electrons. The number of halogens is 1. The molecule has 0 saturated heterocycles. The molecule has 12 heavy (non-hydrogen) atoms. The molecule has 1 aliphatic carbocycles. The topological polar surface area (TPSA) is 26.0 Å². The van der Waals surface area contributed by atoms with Crippen LogP contribution in [0.25, 0.3) is 6.08 Å². The fourth-order valence-corrected chi connectivity index (χ4v) is 1.46. The minimum Gasteiger partial charge on any atom is -0.324 e. The first kappa shape index (κ1) is 7.50. The highest BCUT2D eigenvalue weighted by Gasteiger charge is 2.09. The Morgan fingerprint density at radius 1 is 1.42 bits per heavy atom. The minimum atomic E-state index is -0.186. The lowest BCUT2D eigenvalue weighted by molar-refractivity contribution is 0.625. The third kappa shape index (κ3) is 1.25. The van der Waals surface area contributed by atoms with Gasteiger partial charge in [-0.3, -0.25) is 0 Å². The van der Waals surface area contributed by atoms with Crippen molar-refractivity contribution < 1.29 is 4.39 Å². The van der Waals surface area contributed by atoms with Crippen molar-refractivity contribution in [2.45, 2.75) is 12.5 Å². The molecule has 0 amide bonds. The summed E-state index contributed by atoms with van der Waals surface area (Å²) in [5.41, 5.74) is 7.79. The minimum absolute atomic E-state index is 0.0861. The Bertz CT molecular complexity index is 331. The lowest BCUT2D eigenvalue weighted by Gasteiger charge is -2.14. The van der Waals surface area contributed by atoms with Gasteiger partial charge in [-0.1, -0.05) is 18.2 Å². The number of nitrogens with two attached hydrogens (primary N) is 1. The monoisotopic (exact) mass is 163 g/mol. The van der Waals surface area contributed by atoms with E-state index in [1.807, 2.05) is 12.2 Å². The van der Waals surface area contributed by atoms with Crippen molar-refractivity contribution in [3.05, 3.63) is 41.2 Å². The van der Waals surface area contributed by atoms with E-state index in [1.165, 1.54) is 12.1 Å². The first-order valence-corrected chi connectivity index (χ1v) is 3.98. The van der Waals surface area contributed by atoms with Crippen molar-refractivity contribution in [2.24, 2.45) is 5.73 Å². The van der Waals surface area contributed by atoms with Crippen LogP contribution in [0.5, 0.6) is 0 Å². The quantitative estimate of drug-likeness (QED) is 0.619.